The molecule has 0 aliphatic carbocycles. The van der Waals surface area contributed by atoms with Crippen LogP contribution in [0.25, 0.3) is 0 Å². The van der Waals surface area contributed by atoms with Crippen molar-refractivity contribution < 1.29 is 0 Å². The van der Waals surface area contributed by atoms with Gasteiger partial charge in [0, 0.05) is 17.8 Å². The Balaban J connectivity index is 2.14. The number of likely N-dealkylation sites (N-methyl/N-ethyl adjacent to an activating group) is 1. The summed E-state index contributed by atoms with van der Waals surface area (Å²) in [6.45, 7) is 6.71. The molecule has 1 fully saturated rings. The van der Waals surface area contributed by atoms with Crippen molar-refractivity contribution in [2.24, 2.45) is 0 Å². The number of aromatic nitrogens is 1. The van der Waals surface area contributed by atoms with Gasteiger partial charge in [0.1, 0.15) is 0 Å². The molecule has 1 atom stereocenters. The summed E-state index contributed by atoms with van der Waals surface area (Å²) in [5, 5.41) is 6.81. The molecule has 1 aliphatic rings. The molecular formula is C12H21N3S. The van der Waals surface area contributed by atoms with Crippen LogP contribution in [0.5, 0.6) is 0 Å². The highest BCUT2D eigenvalue weighted by Gasteiger charge is 2.27. The summed E-state index contributed by atoms with van der Waals surface area (Å²) < 4.78 is 0. The largest absolute Gasteiger partial charge is 0.310 e. The minimum Gasteiger partial charge on any atom is -0.310 e. The van der Waals surface area contributed by atoms with Crippen LogP contribution in [0.3, 0.4) is 0 Å². The van der Waals surface area contributed by atoms with E-state index in [2.05, 4.69) is 36.5 Å². The molecule has 0 aromatic carbocycles. The lowest BCUT2D eigenvalue weighted by atomic mass is 10.0. The first-order valence-electron chi connectivity index (χ1n) is 5.86. The van der Waals surface area contributed by atoms with Gasteiger partial charge >= 0.3 is 0 Å². The second-order valence-corrected chi connectivity index (χ2v) is 6.08. The summed E-state index contributed by atoms with van der Waals surface area (Å²) in [5.41, 5.74) is 1.16. The Morgan fingerprint density at radius 2 is 2.31 bits per heavy atom. The van der Waals surface area contributed by atoms with Crippen LogP contribution in [0.4, 0.5) is 0 Å². The van der Waals surface area contributed by atoms with Gasteiger partial charge in [-0.1, -0.05) is 0 Å². The lowest BCUT2D eigenvalue weighted by Crippen LogP contribution is -2.33. The van der Waals surface area contributed by atoms with Gasteiger partial charge in [-0.2, -0.15) is 0 Å². The van der Waals surface area contributed by atoms with E-state index in [9.17, 15) is 0 Å². The smallest absolute Gasteiger partial charge is 0.0973 e. The average molecular weight is 239 g/mol. The van der Waals surface area contributed by atoms with Gasteiger partial charge in [-0.05, 0) is 40.9 Å². The lowest BCUT2D eigenvalue weighted by molar-refractivity contribution is 0.410. The Labute approximate surface area is 102 Å². The number of hydrogen-bond acceptors (Lipinski definition) is 4. The van der Waals surface area contributed by atoms with Gasteiger partial charge < -0.3 is 10.2 Å². The van der Waals surface area contributed by atoms with Gasteiger partial charge in [0.15, 0.2) is 0 Å². The van der Waals surface area contributed by atoms with E-state index < -0.39 is 0 Å². The SMILES string of the molecule is CNC(C)(C)c1csc(C2CCN(C)C2)n1. The Hall–Kier alpha value is -0.450. The fourth-order valence-corrected chi connectivity index (χ4v) is 3.14. The predicted octanol–water partition coefficient (Wildman–Crippen LogP) is 2.02. The van der Waals surface area contributed by atoms with Crippen LogP contribution in [0.1, 0.15) is 36.9 Å². The van der Waals surface area contributed by atoms with Gasteiger partial charge in [0.2, 0.25) is 0 Å². The van der Waals surface area contributed by atoms with E-state index in [4.69, 9.17) is 4.98 Å². The first kappa shape index (κ1) is 12.0. The highest BCUT2D eigenvalue weighted by molar-refractivity contribution is 7.09. The standard InChI is InChI=1S/C12H21N3S/c1-12(2,13-3)10-8-16-11(14-10)9-5-6-15(4)7-9/h8-9,13H,5-7H2,1-4H3. The van der Waals surface area contributed by atoms with Crippen molar-refractivity contribution in [2.75, 3.05) is 27.2 Å². The Bertz CT molecular complexity index is 359. The second-order valence-electron chi connectivity index (χ2n) is 5.19. The molecule has 1 unspecified atom stereocenters. The Kier molecular flexibility index (Phi) is 3.33. The van der Waals surface area contributed by atoms with Crippen molar-refractivity contribution in [3.8, 4) is 0 Å². The first-order valence-corrected chi connectivity index (χ1v) is 6.74. The Morgan fingerprint density at radius 3 is 2.88 bits per heavy atom. The van der Waals surface area contributed by atoms with E-state index in [1.165, 1.54) is 23.7 Å². The molecule has 0 amide bonds. The molecular weight excluding hydrogens is 218 g/mol. The molecule has 0 bridgehead atoms. The fraction of sp³-hybridized carbons (Fsp3) is 0.750. The number of hydrogen-bond donors (Lipinski definition) is 1. The summed E-state index contributed by atoms with van der Waals surface area (Å²) in [6.07, 6.45) is 1.25. The minimum atomic E-state index is -0.0146. The molecule has 1 aromatic heterocycles. The summed E-state index contributed by atoms with van der Waals surface area (Å²) in [4.78, 5) is 7.18. The van der Waals surface area contributed by atoms with Crippen molar-refractivity contribution >= 4 is 11.3 Å². The number of nitrogens with one attached hydrogen (secondary N) is 1. The molecule has 1 aliphatic heterocycles. The van der Waals surface area contributed by atoms with Gasteiger partial charge in [0.25, 0.3) is 0 Å². The molecule has 2 heterocycles. The van der Waals surface area contributed by atoms with E-state index in [1.54, 1.807) is 0 Å². The maximum atomic E-state index is 4.80. The third-order valence-corrected chi connectivity index (χ3v) is 4.54. The van der Waals surface area contributed by atoms with Gasteiger partial charge in [-0.15, -0.1) is 11.3 Å². The molecule has 1 N–H and O–H groups in total. The third-order valence-electron chi connectivity index (χ3n) is 3.53. The van der Waals surface area contributed by atoms with Crippen molar-refractivity contribution in [3.05, 3.63) is 16.1 Å². The molecule has 1 saturated heterocycles. The molecule has 1 aromatic rings. The normalized spacial score (nSPS) is 22.9. The van der Waals surface area contributed by atoms with Crippen molar-refractivity contribution in [2.45, 2.75) is 31.7 Å². The minimum absolute atomic E-state index is 0.0146. The van der Waals surface area contributed by atoms with Gasteiger partial charge in [-0.25, -0.2) is 4.98 Å². The average Bonchev–Trinajstić information content (AvgIpc) is 2.85. The molecule has 0 spiro atoms. The summed E-state index contributed by atoms with van der Waals surface area (Å²) in [6, 6.07) is 0. The molecule has 0 saturated carbocycles. The van der Waals surface area contributed by atoms with Crippen LogP contribution in [-0.4, -0.2) is 37.1 Å². The second kappa shape index (κ2) is 4.43. The van der Waals surface area contributed by atoms with E-state index in [-0.39, 0.29) is 5.54 Å². The number of nitrogens with zero attached hydrogens (tertiary/aromatic N) is 2. The molecule has 90 valence electrons. The quantitative estimate of drug-likeness (QED) is 0.874. The topological polar surface area (TPSA) is 28.2 Å². The monoisotopic (exact) mass is 239 g/mol. The first-order chi connectivity index (χ1) is 7.53. The summed E-state index contributed by atoms with van der Waals surface area (Å²) >= 11 is 1.81. The Morgan fingerprint density at radius 1 is 1.56 bits per heavy atom. The molecule has 2 rings (SSSR count). The van der Waals surface area contributed by atoms with Gasteiger partial charge in [0.05, 0.1) is 16.2 Å². The lowest BCUT2D eigenvalue weighted by Gasteiger charge is -2.21. The highest BCUT2D eigenvalue weighted by Crippen LogP contribution is 2.31. The van der Waals surface area contributed by atoms with E-state index >= 15 is 0 Å². The number of thiazole rings is 1. The van der Waals surface area contributed by atoms with Gasteiger partial charge in [-0.3, -0.25) is 0 Å². The van der Waals surface area contributed by atoms with Crippen LogP contribution in [0.2, 0.25) is 0 Å². The molecule has 0 radical (unpaired) electrons. The molecule has 3 nitrogen and oxygen atoms in total. The zero-order chi connectivity index (χ0) is 11.8. The summed E-state index contributed by atoms with van der Waals surface area (Å²) in [7, 11) is 4.18. The van der Waals surface area contributed by atoms with Crippen molar-refractivity contribution in [1.29, 1.82) is 0 Å². The molecule has 4 heteroatoms. The fourth-order valence-electron chi connectivity index (χ4n) is 2.03. The third kappa shape index (κ3) is 2.29. The summed E-state index contributed by atoms with van der Waals surface area (Å²) in [5.74, 6) is 0.649. The van der Waals surface area contributed by atoms with Crippen molar-refractivity contribution in [3.63, 3.8) is 0 Å². The van der Waals surface area contributed by atoms with E-state index in [0.29, 0.717) is 5.92 Å². The zero-order valence-corrected chi connectivity index (χ0v) is 11.4. The maximum absolute atomic E-state index is 4.80. The maximum Gasteiger partial charge on any atom is 0.0973 e. The van der Waals surface area contributed by atoms with Crippen LogP contribution in [0.15, 0.2) is 5.38 Å². The van der Waals surface area contributed by atoms with Crippen LogP contribution < -0.4 is 5.32 Å². The van der Waals surface area contributed by atoms with Crippen LogP contribution in [0, 0.1) is 0 Å². The molecule has 16 heavy (non-hydrogen) atoms. The zero-order valence-electron chi connectivity index (χ0n) is 10.6. The van der Waals surface area contributed by atoms with Crippen LogP contribution >= 0.6 is 11.3 Å². The van der Waals surface area contributed by atoms with Crippen LogP contribution in [-0.2, 0) is 5.54 Å². The number of likely N-dealkylation sites (tertiary alicyclic amines) is 1. The number of rotatable bonds is 3. The van der Waals surface area contributed by atoms with E-state index in [0.717, 1.165) is 6.54 Å². The highest BCUT2D eigenvalue weighted by atomic mass is 32.1. The van der Waals surface area contributed by atoms with E-state index in [1.807, 2.05) is 18.4 Å². The van der Waals surface area contributed by atoms with Crippen molar-refractivity contribution in [1.82, 2.24) is 15.2 Å². The predicted molar refractivity (Wildman–Crippen MR) is 69.1 cm³/mol.